The van der Waals surface area contributed by atoms with Gasteiger partial charge in [0.25, 0.3) is 0 Å². The summed E-state index contributed by atoms with van der Waals surface area (Å²) in [6.45, 7) is 1.07. The summed E-state index contributed by atoms with van der Waals surface area (Å²) in [5.74, 6) is -1.85. The van der Waals surface area contributed by atoms with E-state index in [4.69, 9.17) is 0 Å². The second-order valence-electron chi connectivity index (χ2n) is 2.05. The van der Waals surface area contributed by atoms with Crippen molar-refractivity contribution in [3.8, 4) is 0 Å². The van der Waals surface area contributed by atoms with Gasteiger partial charge in [-0.3, -0.25) is 9.59 Å². The fraction of sp³-hybridized carbons (Fsp3) is 0.667. The lowest BCUT2D eigenvalue weighted by atomic mass is 10.3. The van der Waals surface area contributed by atoms with Gasteiger partial charge in [-0.25, -0.2) is 8.78 Å². The summed E-state index contributed by atoms with van der Waals surface area (Å²) in [5, 5.41) is 0. The molecule has 70 valence electrons. The van der Waals surface area contributed by atoms with Gasteiger partial charge < -0.3 is 4.74 Å². The summed E-state index contributed by atoms with van der Waals surface area (Å²) in [6.07, 6.45) is -7.01. The minimum Gasteiger partial charge on any atom is -0.424 e. The van der Waals surface area contributed by atoms with Crippen molar-refractivity contribution in [2.45, 2.75) is 26.1 Å². The Morgan fingerprint density at radius 3 is 2.17 bits per heavy atom. The number of carbonyl (C=O) groups is 2. The number of hydrogen-bond donors (Lipinski definition) is 0. The smallest absolute Gasteiger partial charge is 0.316 e. The molecule has 0 amide bonds. The number of hydrogen-bond acceptors (Lipinski definition) is 3. The first kappa shape index (κ1) is 10.9. The largest absolute Gasteiger partial charge is 0.424 e. The van der Waals surface area contributed by atoms with Gasteiger partial charge in [0, 0.05) is 0 Å². The quantitative estimate of drug-likeness (QED) is 0.484. The summed E-state index contributed by atoms with van der Waals surface area (Å²) in [7, 11) is 0. The molecular formula is C6H7F3O3. The zero-order valence-corrected chi connectivity index (χ0v) is 6.22. The first-order chi connectivity index (χ1) is 5.43. The highest BCUT2D eigenvalue weighted by atomic mass is 19.3. The predicted molar refractivity (Wildman–Crippen MR) is 32.3 cm³/mol. The van der Waals surface area contributed by atoms with Crippen molar-refractivity contribution in [3.63, 3.8) is 0 Å². The van der Waals surface area contributed by atoms with E-state index >= 15 is 0 Å². The van der Waals surface area contributed by atoms with E-state index in [1.807, 2.05) is 0 Å². The molecule has 0 aliphatic heterocycles. The van der Waals surface area contributed by atoms with E-state index in [9.17, 15) is 22.8 Å². The summed E-state index contributed by atoms with van der Waals surface area (Å²) in [4.78, 5) is 20.5. The first-order valence-corrected chi connectivity index (χ1v) is 3.04. The number of ketones is 1. The molecular weight excluding hydrogens is 177 g/mol. The molecule has 0 heterocycles. The summed E-state index contributed by atoms with van der Waals surface area (Å²) in [6, 6.07) is 0. The molecule has 0 saturated carbocycles. The standard InChI is InChI=1S/C6H7F3O3/c1-3(10)2-4(11)12-6(9)5(7)8/h5-6H,2H2,1H3. The lowest BCUT2D eigenvalue weighted by molar-refractivity contribution is -0.174. The molecule has 0 bridgehead atoms. The second-order valence-corrected chi connectivity index (χ2v) is 2.05. The van der Waals surface area contributed by atoms with Crippen LogP contribution in [0.1, 0.15) is 13.3 Å². The fourth-order valence-electron chi connectivity index (χ4n) is 0.422. The van der Waals surface area contributed by atoms with Crippen LogP contribution >= 0.6 is 0 Å². The minimum atomic E-state index is -3.37. The minimum absolute atomic E-state index is 0.568. The maximum atomic E-state index is 11.9. The van der Waals surface area contributed by atoms with Crippen molar-refractivity contribution in [2.24, 2.45) is 0 Å². The number of Topliss-reactive ketones (excluding diaryl/α,β-unsaturated/α-hetero) is 1. The molecule has 3 nitrogen and oxygen atoms in total. The highest BCUT2D eigenvalue weighted by molar-refractivity contribution is 5.94. The Labute approximate surface area is 66.5 Å². The van der Waals surface area contributed by atoms with Crippen LogP contribution in [0.2, 0.25) is 0 Å². The summed E-state index contributed by atoms with van der Waals surface area (Å²) in [5.41, 5.74) is 0. The van der Waals surface area contributed by atoms with Crippen molar-refractivity contribution in [3.05, 3.63) is 0 Å². The van der Waals surface area contributed by atoms with Gasteiger partial charge in [-0.1, -0.05) is 0 Å². The van der Waals surface area contributed by atoms with Crippen LogP contribution in [-0.2, 0) is 14.3 Å². The van der Waals surface area contributed by atoms with Gasteiger partial charge in [0.2, 0.25) is 0 Å². The normalized spacial score (nSPS) is 12.8. The number of esters is 1. The average Bonchev–Trinajstić information content (AvgIpc) is 1.84. The van der Waals surface area contributed by atoms with E-state index in [1.54, 1.807) is 0 Å². The Morgan fingerprint density at radius 2 is 1.83 bits per heavy atom. The Balaban J connectivity index is 3.77. The Morgan fingerprint density at radius 1 is 1.33 bits per heavy atom. The highest BCUT2D eigenvalue weighted by Gasteiger charge is 2.23. The Bertz CT molecular complexity index is 181. The second kappa shape index (κ2) is 4.74. The molecule has 0 fully saturated rings. The molecule has 12 heavy (non-hydrogen) atoms. The summed E-state index contributed by atoms with van der Waals surface area (Å²) < 4.78 is 38.2. The predicted octanol–water partition coefficient (Wildman–Crippen LogP) is 1.07. The lowest BCUT2D eigenvalue weighted by Gasteiger charge is -2.07. The molecule has 6 heteroatoms. The van der Waals surface area contributed by atoms with Crippen LogP contribution in [0.4, 0.5) is 13.2 Å². The number of ether oxygens (including phenoxy) is 1. The highest BCUT2D eigenvalue weighted by Crippen LogP contribution is 2.07. The first-order valence-electron chi connectivity index (χ1n) is 3.04. The van der Waals surface area contributed by atoms with E-state index in [0.717, 1.165) is 6.92 Å². The van der Waals surface area contributed by atoms with Crippen molar-refractivity contribution in [1.29, 1.82) is 0 Å². The van der Waals surface area contributed by atoms with E-state index in [1.165, 1.54) is 0 Å². The van der Waals surface area contributed by atoms with Gasteiger partial charge in [-0.2, -0.15) is 4.39 Å². The third-order valence-corrected chi connectivity index (χ3v) is 0.835. The molecule has 1 atom stereocenters. The van der Waals surface area contributed by atoms with E-state index in [2.05, 4.69) is 4.74 Å². The van der Waals surface area contributed by atoms with Gasteiger partial charge in [0.05, 0.1) is 0 Å². The molecule has 0 rings (SSSR count). The Hall–Kier alpha value is -1.07. The molecule has 0 spiro atoms. The molecule has 0 aliphatic carbocycles. The third kappa shape index (κ3) is 4.70. The fourth-order valence-corrected chi connectivity index (χ4v) is 0.422. The van der Waals surface area contributed by atoms with Gasteiger partial charge in [0.1, 0.15) is 12.2 Å². The maximum absolute atomic E-state index is 11.9. The molecule has 0 aromatic rings. The van der Waals surface area contributed by atoms with Crippen molar-refractivity contribution >= 4 is 11.8 Å². The van der Waals surface area contributed by atoms with Crippen molar-refractivity contribution in [2.75, 3.05) is 0 Å². The zero-order chi connectivity index (χ0) is 9.72. The third-order valence-electron chi connectivity index (χ3n) is 0.835. The average molecular weight is 184 g/mol. The molecule has 0 aliphatic rings. The van der Waals surface area contributed by atoms with Gasteiger partial charge in [-0.15, -0.1) is 0 Å². The van der Waals surface area contributed by atoms with Crippen LogP contribution in [-0.4, -0.2) is 24.5 Å². The van der Waals surface area contributed by atoms with Crippen LogP contribution in [0.3, 0.4) is 0 Å². The number of rotatable bonds is 4. The van der Waals surface area contributed by atoms with Crippen molar-refractivity contribution < 1.29 is 27.5 Å². The van der Waals surface area contributed by atoms with Crippen LogP contribution in [0.5, 0.6) is 0 Å². The lowest BCUT2D eigenvalue weighted by Crippen LogP contribution is -2.21. The van der Waals surface area contributed by atoms with Crippen LogP contribution in [0.25, 0.3) is 0 Å². The SMILES string of the molecule is CC(=O)CC(=O)OC(F)C(F)F. The van der Waals surface area contributed by atoms with Gasteiger partial charge in [-0.05, 0) is 6.92 Å². The van der Waals surface area contributed by atoms with Crippen LogP contribution < -0.4 is 0 Å². The molecule has 0 aromatic heterocycles. The molecule has 0 N–H and O–H groups in total. The molecule has 0 radical (unpaired) electrons. The summed E-state index contributed by atoms with van der Waals surface area (Å²) >= 11 is 0. The number of alkyl halides is 3. The van der Waals surface area contributed by atoms with Crippen LogP contribution in [0.15, 0.2) is 0 Å². The van der Waals surface area contributed by atoms with E-state index in [-0.39, 0.29) is 0 Å². The molecule has 0 aromatic carbocycles. The number of halogens is 3. The Kier molecular flexibility index (Phi) is 4.31. The van der Waals surface area contributed by atoms with Crippen molar-refractivity contribution in [1.82, 2.24) is 0 Å². The maximum Gasteiger partial charge on any atom is 0.316 e. The van der Waals surface area contributed by atoms with E-state index in [0.29, 0.717) is 0 Å². The zero-order valence-electron chi connectivity index (χ0n) is 6.22. The van der Waals surface area contributed by atoms with Crippen LogP contribution in [0, 0.1) is 0 Å². The monoisotopic (exact) mass is 184 g/mol. The van der Waals surface area contributed by atoms with Gasteiger partial charge in [0.15, 0.2) is 0 Å². The topological polar surface area (TPSA) is 43.4 Å². The molecule has 0 saturated heterocycles. The van der Waals surface area contributed by atoms with Gasteiger partial charge >= 0.3 is 18.8 Å². The van der Waals surface area contributed by atoms with E-state index < -0.39 is 31.0 Å². The molecule has 1 unspecified atom stereocenters. The number of carbonyl (C=O) groups excluding carboxylic acids is 2.